The van der Waals surface area contributed by atoms with Crippen LogP contribution in [0.1, 0.15) is 16.7 Å². The number of benzene rings is 2. The number of aliphatic hydroxyl groups excluding tert-OH is 1. The zero-order chi connectivity index (χ0) is 15.1. The van der Waals surface area contributed by atoms with E-state index in [9.17, 15) is 5.11 Å². The molecule has 4 heteroatoms. The van der Waals surface area contributed by atoms with Crippen molar-refractivity contribution in [3.8, 4) is 5.75 Å². The third kappa shape index (κ3) is 6.48. The molecular formula is C18H24ClNO2. The van der Waals surface area contributed by atoms with Crippen molar-refractivity contribution in [2.45, 2.75) is 26.5 Å². The van der Waals surface area contributed by atoms with Crippen molar-refractivity contribution in [1.29, 1.82) is 0 Å². The summed E-state index contributed by atoms with van der Waals surface area (Å²) in [5.41, 5.74) is 3.54. The molecule has 120 valence electrons. The summed E-state index contributed by atoms with van der Waals surface area (Å²) in [6, 6.07) is 16.2. The summed E-state index contributed by atoms with van der Waals surface area (Å²) in [6.07, 6.45) is -0.519. The molecule has 3 nitrogen and oxygen atoms in total. The van der Waals surface area contributed by atoms with Crippen molar-refractivity contribution in [3.63, 3.8) is 0 Å². The van der Waals surface area contributed by atoms with Gasteiger partial charge in [-0.1, -0.05) is 36.4 Å². The van der Waals surface area contributed by atoms with Crippen LogP contribution < -0.4 is 10.1 Å². The average Bonchev–Trinajstić information content (AvgIpc) is 2.45. The first kappa shape index (κ1) is 18.5. The topological polar surface area (TPSA) is 41.5 Å². The zero-order valence-corrected chi connectivity index (χ0v) is 13.9. The van der Waals surface area contributed by atoms with Gasteiger partial charge in [0.25, 0.3) is 0 Å². The summed E-state index contributed by atoms with van der Waals surface area (Å²) in [5, 5.41) is 13.2. The molecule has 1 atom stereocenters. The molecule has 0 aliphatic heterocycles. The Hall–Kier alpha value is -1.55. The number of hydrogen-bond donors (Lipinski definition) is 2. The molecule has 0 aliphatic rings. The minimum absolute atomic E-state index is 0. The molecule has 0 bridgehead atoms. The Balaban J connectivity index is 0.00000242. The molecule has 0 amide bonds. The molecule has 0 saturated heterocycles. The van der Waals surface area contributed by atoms with E-state index in [0.29, 0.717) is 13.2 Å². The number of aliphatic hydroxyl groups is 1. The maximum atomic E-state index is 9.94. The summed E-state index contributed by atoms with van der Waals surface area (Å²) in [5.74, 6) is 0.814. The van der Waals surface area contributed by atoms with Crippen molar-refractivity contribution >= 4 is 12.4 Å². The van der Waals surface area contributed by atoms with Gasteiger partial charge < -0.3 is 15.2 Å². The van der Waals surface area contributed by atoms with Crippen LogP contribution in [0.25, 0.3) is 0 Å². The summed E-state index contributed by atoms with van der Waals surface area (Å²) in [4.78, 5) is 0. The van der Waals surface area contributed by atoms with Crippen molar-refractivity contribution in [1.82, 2.24) is 5.32 Å². The Morgan fingerprint density at radius 1 is 1.05 bits per heavy atom. The maximum absolute atomic E-state index is 9.94. The van der Waals surface area contributed by atoms with Crippen molar-refractivity contribution in [3.05, 3.63) is 65.2 Å². The lowest BCUT2D eigenvalue weighted by Gasteiger charge is -2.14. The molecule has 2 rings (SSSR count). The number of aryl methyl sites for hydroxylation is 2. The van der Waals surface area contributed by atoms with Crippen LogP contribution in [-0.2, 0) is 6.54 Å². The fourth-order valence-corrected chi connectivity index (χ4v) is 2.25. The SMILES string of the molecule is Cc1cc(C)cc(OC[C@@H](O)CNCc2ccccc2)c1.Cl. The van der Waals surface area contributed by atoms with Gasteiger partial charge in [0.1, 0.15) is 18.5 Å². The van der Waals surface area contributed by atoms with Gasteiger partial charge in [-0.05, 0) is 42.7 Å². The van der Waals surface area contributed by atoms with Crippen molar-refractivity contribution in [2.75, 3.05) is 13.2 Å². The fraction of sp³-hybridized carbons (Fsp3) is 0.333. The molecule has 0 saturated carbocycles. The van der Waals surface area contributed by atoms with E-state index in [1.165, 1.54) is 16.7 Å². The molecule has 2 aromatic carbocycles. The van der Waals surface area contributed by atoms with Crippen LogP contribution in [0.3, 0.4) is 0 Å². The molecule has 0 aromatic heterocycles. The molecule has 0 heterocycles. The predicted molar refractivity (Wildman–Crippen MR) is 92.8 cm³/mol. The number of hydrogen-bond acceptors (Lipinski definition) is 3. The Kier molecular flexibility index (Phi) is 7.96. The second-order valence-corrected chi connectivity index (χ2v) is 5.40. The van der Waals surface area contributed by atoms with Gasteiger partial charge in [-0.2, -0.15) is 0 Å². The highest BCUT2D eigenvalue weighted by Gasteiger charge is 2.05. The van der Waals surface area contributed by atoms with Crippen molar-refractivity contribution < 1.29 is 9.84 Å². The monoisotopic (exact) mass is 321 g/mol. The van der Waals surface area contributed by atoms with Gasteiger partial charge in [0.15, 0.2) is 0 Å². The van der Waals surface area contributed by atoms with Crippen LogP contribution in [0, 0.1) is 13.8 Å². The first-order valence-corrected chi connectivity index (χ1v) is 7.27. The first-order chi connectivity index (χ1) is 10.1. The Morgan fingerprint density at radius 2 is 1.68 bits per heavy atom. The van der Waals surface area contributed by atoms with Crippen molar-refractivity contribution in [2.24, 2.45) is 0 Å². The molecule has 2 aromatic rings. The van der Waals surface area contributed by atoms with Crippen LogP contribution >= 0.6 is 12.4 Å². The number of nitrogens with one attached hydrogen (secondary N) is 1. The van der Waals surface area contributed by atoms with E-state index < -0.39 is 6.10 Å². The van der Waals surface area contributed by atoms with Crippen LogP contribution in [0.15, 0.2) is 48.5 Å². The Bertz CT molecular complexity index is 540. The molecular weight excluding hydrogens is 298 g/mol. The molecule has 22 heavy (non-hydrogen) atoms. The highest BCUT2D eigenvalue weighted by molar-refractivity contribution is 5.85. The zero-order valence-electron chi connectivity index (χ0n) is 13.1. The largest absolute Gasteiger partial charge is 0.491 e. The van der Waals surface area contributed by atoms with Gasteiger partial charge in [0.2, 0.25) is 0 Å². The predicted octanol–water partition coefficient (Wildman–Crippen LogP) is 3.25. The molecule has 0 unspecified atom stereocenters. The lowest BCUT2D eigenvalue weighted by atomic mass is 10.1. The summed E-state index contributed by atoms with van der Waals surface area (Å²) in [6.45, 7) is 5.64. The number of ether oxygens (including phenoxy) is 1. The minimum Gasteiger partial charge on any atom is -0.491 e. The third-order valence-electron chi connectivity index (χ3n) is 3.19. The normalized spacial score (nSPS) is 11.6. The van der Waals surface area contributed by atoms with Gasteiger partial charge >= 0.3 is 0 Å². The van der Waals surface area contributed by atoms with Gasteiger partial charge in [-0.15, -0.1) is 12.4 Å². The molecule has 0 fully saturated rings. The van der Waals surface area contributed by atoms with Crippen LogP contribution in [-0.4, -0.2) is 24.4 Å². The lowest BCUT2D eigenvalue weighted by Crippen LogP contribution is -2.31. The Labute approximate surface area is 138 Å². The quantitative estimate of drug-likeness (QED) is 0.822. The van der Waals surface area contributed by atoms with E-state index in [0.717, 1.165) is 12.3 Å². The van der Waals surface area contributed by atoms with Gasteiger partial charge in [0.05, 0.1) is 0 Å². The van der Waals surface area contributed by atoms with Gasteiger partial charge in [-0.25, -0.2) is 0 Å². The highest BCUT2D eigenvalue weighted by atomic mass is 35.5. The van der Waals surface area contributed by atoms with E-state index >= 15 is 0 Å². The van der Waals surface area contributed by atoms with Crippen LogP contribution in [0.4, 0.5) is 0 Å². The summed E-state index contributed by atoms with van der Waals surface area (Å²) in [7, 11) is 0. The second-order valence-electron chi connectivity index (χ2n) is 5.40. The highest BCUT2D eigenvalue weighted by Crippen LogP contribution is 2.16. The van der Waals surface area contributed by atoms with E-state index in [1.807, 2.05) is 44.2 Å². The molecule has 2 N–H and O–H groups in total. The standard InChI is InChI=1S/C18H23NO2.ClH/c1-14-8-15(2)10-18(9-14)21-13-17(20)12-19-11-16-6-4-3-5-7-16;/h3-10,17,19-20H,11-13H2,1-2H3;1H/t17-;/m0./s1. The van der Waals surface area contributed by atoms with Crippen LogP contribution in [0.5, 0.6) is 5.75 Å². The summed E-state index contributed by atoms with van der Waals surface area (Å²) >= 11 is 0. The minimum atomic E-state index is -0.519. The van der Waals surface area contributed by atoms with Gasteiger partial charge in [0, 0.05) is 13.1 Å². The molecule has 0 aliphatic carbocycles. The van der Waals surface area contributed by atoms with E-state index in [2.05, 4.69) is 23.5 Å². The first-order valence-electron chi connectivity index (χ1n) is 7.27. The van der Waals surface area contributed by atoms with E-state index in [-0.39, 0.29) is 12.4 Å². The molecule has 0 spiro atoms. The van der Waals surface area contributed by atoms with Gasteiger partial charge in [-0.3, -0.25) is 0 Å². The smallest absolute Gasteiger partial charge is 0.119 e. The van der Waals surface area contributed by atoms with Crippen LogP contribution in [0.2, 0.25) is 0 Å². The second kappa shape index (κ2) is 9.46. The number of halogens is 1. The average molecular weight is 322 g/mol. The number of rotatable bonds is 7. The third-order valence-corrected chi connectivity index (χ3v) is 3.19. The Morgan fingerprint density at radius 3 is 2.32 bits per heavy atom. The van der Waals surface area contributed by atoms with E-state index in [4.69, 9.17) is 4.74 Å². The fourth-order valence-electron chi connectivity index (χ4n) is 2.25. The maximum Gasteiger partial charge on any atom is 0.119 e. The summed E-state index contributed by atoms with van der Waals surface area (Å²) < 4.78 is 5.64. The van der Waals surface area contributed by atoms with E-state index in [1.54, 1.807) is 0 Å². The molecule has 0 radical (unpaired) electrons. The lowest BCUT2D eigenvalue weighted by molar-refractivity contribution is 0.106.